The van der Waals surface area contributed by atoms with E-state index >= 15 is 0 Å². The van der Waals surface area contributed by atoms with Crippen LogP contribution in [0, 0.1) is 0 Å². The Hall–Kier alpha value is -2.38. The predicted molar refractivity (Wildman–Crippen MR) is 105 cm³/mol. The molecule has 0 saturated carbocycles. The molecule has 1 aliphatic rings. The van der Waals surface area contributed by atoms with E-state index < -0.39 is 5.91 Å². The number of para-hydroxylation sites is 1. The first-order chi connectivity index (χ1) is 12.0. The van der Waals surface area contributed by atoms with E-state index in [4.69, 9.17) is 5.73 Å². The summed E-state index contributed by atoms with van der Waals surface area (Å²) in [6, 6.07) is 14.5. The highest BCUT2D eigenvalue weighted by atomic mass is 79.9. The Morgan fingerprint density at radius 1 is 1.16 bits per heavy atom. The number of carbonyl (C=O) groups excluding carboxylic acids is 2. The van der Waals surface area contributed by atoms with Crippen LogP contribution in [0.1, 0.15) is 22.8 Å². The molecule has 0 unspecified atom stereocenters. The van der Waals surface area contributed by atoms with Gasteiger partial charge in [-0.25, -0.2) is 4.99 Å². The molecule has 2 aromatic carbocycles. The number of halogens is 1. The summed E-state index contributed by atoms with van der Waals surface area (Å²) in [5.41, 5.74) is 7.93. The van der Waals surface area contributed by atoms with Crippen molar-refractivity contribution in [3.63, 3.8) is 0 Å². The van der Waals surface area contributed by atoms with Crippen molar-refractivity contribution >= 4 is 55.9 Å². The molecule has 2 aromatic rings. The summed E-state index contributed by atoms with van der Waals surface area (Å²) in [6.07, 6.45) is 0. The van der Waals surface area contributed by atoms with Gasteiger partial charge in [-0.05, 0) is 54.1 Å². The molecule has 0 aliphatic carbocycles. The highest BCUT2D eigenvalue weighted by Gasteiger charge is 2.26. The lowest BCUT2D eigenvalue weighted by atomic mass is 10.1. The van der Waals surface area contributed by atoms with Gasteiger partial charge >= 0.3 is 0 Å². The number of nitrogens with zero attached hydrogens (tertiary/aromatic N) is 1. The average Bonchev–Trinajstić information content (AvgIpc) is 2.95. The van der Waals surface area contributed by atoms with Crippen LogP contribution in [0.25, 0.3) is 5.57 Å². The Kier molecular flexibility index (Phi) is 5.06. The molecule has 126 valence electrons. The van der Waals surface area contributed by atoms with Gasteiger partial charge in [0.15, 0.2) is 5.17 Å². The van der Waals surface area contributed by atoms with Crippen LogP contribution in [0.2, 0.25) is 0 Å². The van der Waals surface area contributed by atoms with E-state index in [-0.39, 0.29) is 5.91 Å². The second-order valence-electron chi connectivity index (χ2n) is 5.32. The van der Waals surface area contributed by atoms with E-state index in [9.17, 15) is 9.59 Å². The van der Waals surface area contributed by atoms with E-state index in [1.807, 2.05) is 31.2 Å². The van der Waals surface area contributed by atoms with Crippen molar-refractivity contribution in [1.82, 2.24) is 5.32 Å². The van der Waals surface area contributed by atoms with Crippen LogP contribution in [-0.2, 0) is 4.79 Å². The molecule has 0 spiro atoms. The van der Waals surface area contributed by atoms with Crippen LogP contribution in [0.3, 0.4) is 0 Å². The van der Waals surface area contributed by atoms with Gasteiger partial charge in [0.2, 0.25) is 0 Å². The van der Waals surface area contributed by atoms with Gasteiger partial charge in [0.25, 0.3) is 11.8 Å². The molecule has 2 amide bonds. The van der Waals surface area contributed by atoms with Crippen molar-refractivity contribution < 1.29 is 9.59 Å². The van der Waals surface area contributed by atoms with Gasteiger partial charge in [-0.3, -0.25) is 9.59 Å². The van der Waals surface area contributed by atoms with Gasteiger partial charge in [-0.15, -0.1) is 0 Å². The molecule has 1 aliphatic heterocycles. The summed E-state index contributed by atoms with van der Waals surface area (Å²) in [7, 11) is 0. The zero-order valence-electron chi connectivity index (χ0n) is 13.2. The average molecular weight is 416 g/mol. The molecule has 3 N–H and O–H groups in total. The van der Waals surface area contributed by atoms with E-state index in [0.29, 0.717) is 21.3 Å². The molecular formula is C18H14BrN3O2S. The van der Waals surface area contributed by atoms with Crippen molar-refractivity contribution in [1.29, 1.82) is 0 Å². The number of hydrogen-bond acceptors (Lipinski definition) is 4. The minimum Gasteiger partial charge on any atom is -0.366 e. The summed E-state index contributed by atoms with van der Waals surface area (Å²) >= 11 is 4.64. The maximum Gasteiger partial charge on any atom is 0.264 e. The number of rotatable bonds is 3. The molecule has 1 heterocycles. The van der Waals surface area contributed by atoms with E-state index in [1.54, 1.807) is 24.3 Å². The Morgan fingerprint density at radius 2 is 1.84 bits per heavy atom. The van der Waals surface area contributed by atoms with E-state index in [2.05, 4.69) is 26.2 Å². The molecule has 0 radical (unpaired) electrons. The number of nitrogens with two attached hydrogens (primary N) is 1. The smallest absolute Gasteiger partial charge is 0.264 e. The molecule has 1 saturated heterocycles. The first kappa shape index (κ1) is 17.4. The fraction of sp³-hybridized carbons (Fsp3) is 0.0556. The van der Waals surface area contributed by atoms with Crippen molar-refractivity contribution in [2.24, 2.45) is 10.7 Å². The van der Waals surface area contributed by atoms with E-state index in [0.717, 1.165) is 15.6 Å². The van der Waals surface area contributed by atoms with Crippen LogP contribution in [0.4, 0.5) is 5.69 Å². The zero-order valence-corrected chi connectivity index (χ0v) is 15.6. The van der Waals surface area contributed by atoms with Crippen LogP contribution < -0.4 is 11.1 Å². The van der Waals surface area contributed by atoms with Crippen molar-refractivity contribution in [2.45, 2.75) is 6.92 Å². The maximum atomic E-state index is 12.3. The predicted octanol–water partition coefficient (Wildman–Crippen LogP) is 3.83. The number of hydrogen-bond donors (Lipinski definition) is 2. The first-order valence-electron chi connectivity index (χ1n) is 7.39. The van der Waals surface area contributed by atoms with Crippen LogP contribution >= 0.6 is 27.7 Å². The Balaban J connectivity index is 1.94. The molecule has 3 rings (SSSR count). The highest BCUT2D eigenvalue weighted by Crippen LogP contribution is 2.33. The number of amidine groups is 1. The number of benzene rings is 2. The SMILES string of the molecule is C/C(=C1/SC(=Nc2ccccc2C(N)=O)NC1=O)c1ccc(Br)cc1. The molecule has 0 bridgehead atoms. The van der Waals surface area contributed by atoms with Gasteiger partial charge in [0.1, 0.15) is 0 Å². The normalized spacial score (nSPS) is 17.5. The number of carbonyl (C=O) groups is 2. The third kappa shape index (κ3) is 3.83. The summed E-state index contributed by atoms with van der Waals surface area (Å²) in [5, 5.41) is 3.16. The lowest BCUT2D eigenvalue weighted by Gasteiger charge is -2.04. The Labute approximate surface area is 157 Å². The monoisotopic (exact) mass is 415 g/mol. The molecule has 1 fully saturated rings. The number of primary amides is 1. The minimum atomic E-state index is -0.559. The fourth-order valence-corrected chi connectivity index (χ4v) is 3.50. The third-order valence-electron chi connectivity index (χ3n) is 3.63. The van der Waals surface area contributed by atoms with Gasteiger partial charge in [-0.2, -0.15) is 0 Å². The van der Waals surface area contributed by atoms with Crippen molar-refractivity contribution in [3.05, 3.63) is 69.0 Å². The van der Waals surface area contributed by atoms with Crippen molar-refractivity contribution in [2.75, 3.05) is 0 Å². The second-order valence-corrected chi connectivity index (χ2v) is 7.23. The number of aliphatic imine (C=N–C) groups is 1. The van der Waals surface area contributed by atoms with Crippen LogP contribution in [-0.4, -0.2) is 17.0 Å². The number of nitrogens with one attached hydrogen (secondary N) is 1. The Morgan fingerprint density at radius 3 is 2.52 bits per heavy atom. The summed E-state index contributed by atoms with van der Waals surface area (Å²) in [5.74, 6) is -0.767. The molecule has 0 atom stereocenters. The lowest BCUT2D eigenvalue weighted by Crippen LogP contribution is -2.20. The van der Waals surface area contributed by atoms with Gasteiger partial charge in [-0.1, -0.05) is 40.2 Å². The quantitative estimate of drug-likeness (QED) is 0.746. The molecular weight excluding hydrogens is 402 g/mol. The Bertz CT molecular complexity index is 920. The maximum absolute atomic E-state index is 12.3. The third-order valence-corrected chi connectivity index (χ3v) is 5.25. The fourth-order valence-electron chi connectivity index (χ4n) is 2.34. The molecule has 5 nitrogen and oxygen atoms in total. The lowest BCUT2D eigenvalue weighted by molar-refractivity contribution is -0.115. The topological polar surface area (TPSA) is 84.5 Å². The number of allylic oxidation sites excluding steroid dienone is 1. The summed E-state index contributed by atoms with van der Waals surface area (Å²) in [4.78, 5) is 28.8. The summed E-state index contributed by atoms with van der Waals surface area (Å²) < 4.78 is 0.975. The van der Waals surface area contributed by atoms with Gasteiger partial charge in [0, 0.05) is 4.47 Å². The first-order valence-corrected chi connectivity index (χ1v) is 9.00. The van der Waals surface area contributed by atoms with Crippen molar-refractivity contribution in [3.8, 4) is 0 Å². The largest absolute Gasteiger partial charge is 0.366 e. The number of thioether (sulfide) groups is 1. The van der Waals surface area contributed by atoms with Gasteiger partial charge < -0.3 is 11.1 Å². The molecule has 0 aromatic heterocycles. The summed E-state index contributed by atoms with van der Waals surface area (Å²) in [6.45, 7) is 1.89. The van der Waals surface area contributed by atoms with Gasteiger partial charge in [0.05, 0.1) is 16.2 Å². The van der Waals surface area contributed by atoms with Crippen LogP contribution in [0.5, 0.6) is 0 Å². The molecule has 7 heteroatoms. The molecule has 25 heavy (non-hydrogen) atoms. The minimum absolute atomic E-state index is 0.208. The standard InChI is InChI=1S/C18H14BrN3O2S/c1-10(11-6-8-12(19)9-7-11)15-17(24)22-18(25-15)21-14-5-3-2-4-13(14)16(20)23/h2-9H,1H3,(H2,20,23)(H,21,22,24)/b15-10-. The highest BCUT2D eigenvalue weighted by molar-refractivity contribution is 9.10. The zero-order chi connectivity index (χ0) is 18.0. The van der Waals surface area contributed by atoms with E-state index in [1.165, 1.54) is 11.8 Å². The number of amides is 2. The van der Waals surface area contributed by atoms with Crippen LogP contribution in [0.15, 0.2) is 62.9 Å². The second kappa shape index (κ2) is 7.25.